The number of hydrogen-bond acceptors (Lipinski definition) is 4. The zero-order valence-electron chi connectivity index (χ0n) is 19.1. The van der Waals surface area contributed by atoms with Gasteiger partial charge in [-0.1, -0.05) is 29.8 Å². The molecule has 0 fully saturated rings. The first-order chi connectivity index (χ1) is 17.9. The molecule has 5 aromatic rings. The molecule has 4 heterocycles. The summed E-state index contributed by atoms with van der Waals surface area (Å²) >= 11 is 6.16. The summed E-state index contributed by atoms with van der Waals surface area (Å²) in [5.41, 5.74) is 4.34. The van der Waals surface area contributed by atoms with E-state index in [9.17, 15) is 18.0 Å². The van der Waals surface area contributed by atoms with E-state index in [-0.39, 0.29) is 11.4 Å². The van der Waals surface area contributed by atoms with Gasteiger partial charge in [-0.2, -0.15) is 0 Å². The molecule has 4 aromatic heterocycles. The van der Waals surface area contributed by atoms with Crippen LogP contribution in [-0.2, 0) is 4.79 Å². The van der Waals surface area contributed by atoms with Crippen molar-refractivity contribution in [1.29, 1.82) is 0 Å². The zero-order valence-corrected chi connectivity index (χ0v) is 19.9. The van der Waals surface area contributed by atoms with E-state index < -0.39 is 30.5 Å². The number of nitrogens with one attached hydrogen (secondary N) is 2. The van der Waals surface area contributed by atoms with Crippen LogP contribution in [0.25, 0.3) is 33.5 Å². The third kappa shape index (κ3) is 5.31. The number of carbonyl (C=O) groups excluding carboxylic acids is 1. The van der Waals surface area contributed by atoms with E-state index in [1.807, 2.05) is 18.2 Å². The topological polar surface area (TPSA) is 83.6 Å². The highest BCUT2D eigenvalue weighted by Crippen LogP contribution is 2.37. The van der Waals surface area contributed by atoms with Crippen LogP contribution in [0.5, 0.6) is 0 Å². The zero-order chi connectivity index (χ0) is 25.9. The summed E-state index contributed by atoms with van der Waals surface area (Å²) in [6, 6.07) is 17.3. The number of fused-ring (bicyclic) bond motifs is 1. The molecule has 5 rings (SSSR count). The molecule has 1 atom stereocenters. The van der Waals surface area contributed by atoms with Crippen LogP contribution in [-0.4, -0.2) is 32.3 Å². The molecule has 0 spiro atoms. The lowest BCUT2D eigenvalue weighted by Crippen LogP contribution is -2.23. The van der Waals surface area contributed by atoms with E-state index in [2.05, 4.69) is 25.3 Å². The molecular formula is C27H19ClF3N5O. The fourth-order valence-electron chi connectivity index (χ4n) is 4.15. The molecule has 0 aliphatic carbocycles. The van der Waals surface area contributed by atoms with Crippen molar-refractivity contribution in [3.05, 3.63) is 95.7 Å². The van der Waals surface area contributed by atoms with Crippen molar-refractivity contribution in [2.24, 2.45) is 0 Å². The Kier molecular flexibility index (Phi) is 6.87. The van der Waals surface area contributed by atoms with Gasteiger partial charge in [-0.3, -0.25) is 9.78 Å². The maximum atomic E-state index is 13.3. The molecular weight excluding hydrogens is 503 g/mol. The quantitative estimate of drug-likeness (QED) is 0.229. The van der Waals surface area contributed by atoms with Crippen molar-refractivity contribution >= 4 is 34.4 Å². The average Bonchev–Trinajstić information content (AvgIpc) is 3.27. The van der Waals surface area contributed by atoms with Crippen molar-refractivity contribution in [2.75, 3.05) is 5.32 Å². The van der Waals surface area contributed by atoms with Gasteiger partial charge >= 0.3 is 0 Å². The highest BCUT2D eigenvalue weighted by atomic mass is 35.5. The first-order valence-electron chi connectivity index (χ1n) is 11.3. The van der Waals surface area contributed by atoms with Gasteiger partial charge in [0.2, 0.25) is 12.3 Å². The number of pyridine rings is 3. The van der Waals surface area contributed by atoms with Gasteiger partial charge in [0.15, 0.2) is 0 Å². The molecule has 37 heavy (non-hydrogen) atoms. The molecule has 0 aliphatic rings. The fourth-order valence-corrected chi connectivity index (χ4v) is 4.30. The number of rotatable bonds is 7. The summed E-state index contributed by atoms with van der Waals surface area (Å²) in [7, 11) is 0. The Labute approximate surface area is 214 Å². The number of nitrogens with zero attached hydrogens (tertiary/aromatic N) is 3. The van der Waals surface area contributed by atoms with Crippen LogP contribution in [0.4, 0.5) is 19.0 Å². The van der Waals surface area contributed by atoms with Gasteiger partial charge in [-0.05, 0) is 54.1 Å². The van der Waals surface area contributed by atoms with Crippen molar-refractivity contribution in [3.63, 3.8) is 0 Å². The summed E-state index contributed by atoms with van der Waals surface area (Å²) < 4.78 is 39.9. The molecule has 0 bridgehead atoms. The van der Waals surface area contributed by atoms with Crippen LogP contribution < -0.4 is 5.32 Å². The lowest BCUT2D eigenvalue weighted by Gasteiger charge is -2.17. The van der Waals surface area contributed by atoms with E-state index in [4.69, 9.17) is 11.6 Å². The van der Waals surface area contributed by atoms with Gasteiger partial charge in [-0.25, -0.2) is 23.1 Å². The van der Waals surface area contributed by atoms with E-state index in [1.165, 1.54) is 18.3 Å². The van der Waals surface area contributed by atoms with E-state index in [0.717, 1.165) is 17.6 Å². The Bertz CT molecular complexity index is 1560. The number of carbonyl (C=O) groups is 1. The molecule has 0 radical (unpaired) electrons. The number of benzene rings is 1. The third-order valence-electron chi connectivity index (χ3n) is 5.83. The van der Waals surface area contributed by atoms with Gasteiger partial charge in [-0.15, -0.1) is 0 Å². The molecule has 1 amide bonds. The number of aromatic nitrogens is 4. The summed E-state index contributed by atoms with van der Waals surface area (Å²) in [6.45, 7) is 0. The molecule has 0 saturated heterocycles. The smallest absolute Gasteiger partial charge is 0.239 e. The second-order valence-electron chi connectivity index (χ2n) is 8.27. The van der Waals surface area contributed by atoms with Crippen LogP contribution in [0, 0.1) is 5.82 Å². The molecule has 2 N–H and O–H groups in total. The van der Waals surface area contributed by atoms with Crippen LogP contribution >= 0.6 is 11.6 Å². The van der Waals surface area contributed by atoms with E-state index in [1.54, 1.807) is 30.5 Å². The minimum Gasteiger partial charge on any atom is -0.353 e. The molecule has 1 aromatic carbocycles. The predicted octanol–water partition coefficient (Wildman–Crippen LogP) is 6.86. The maximum absolute atomic E-state index is 13.3. The van der Waals surface area contributed by atoms with Crippen LogP contribution in [0.3, 0.4) is 0 Å². The normalized spacial score (nSPS) is 12.1. The lowest BCUT2D eigenvalue weighted by atomic mass is 9.95. The minimum atomic E-state index is -2.73. The van der Waals surface area contributed by atoms with Gasteiger partial charge in [0.05, 0.1) is 33.9 Å². The highest BCUT2D eigenvalue weighted by molar-refractivity contribution is 6.30. The first kappa shape index (κ1) is 24.5. The molecule has 186 valence electrons. The van der Waals surface area contributed by atoms with Crippen LogP contribution in [0.1, 0.15) is 17.9 Å². The number of halogens is 4. The second-order valence-corrected chi connectivity index (χ2v) is 8.66. The van der Waals surface area contributed by atoms with Crippen molar-refractivity contribution in [2.45, 2.75) is 18.8 Å². The SMILES string of the molecule is O=C(Nc1cc(-c2[nH]c3ccc(Cl)nc3c2-c2ccccn2)ccn1)[C@H](CC(F)F)c1ccc(F)cc1. The molecule has 10 heteroatoms. The second kappa shape index (κ2) is 10.4. The monoisotopic (exact) mass is 521 g/mol. The summed E-state index contributed by atoms with van der Waals surface area (Å²) in [5.74, 6) is -2.21. The number of amides is 1. The Morgan fingerprint density at radius 3 is 2.54 bits per heavy atom. The third-order valence-corrected chi connectivity index (χ3v) is 6.04. The number of hydrogen-bond donors (Lipinski definition) is 2. The Balaban J connectivity index is 1.52. The molecule has 6 nitrogen and oxygen atoms in total. The number of H-pyrrole nitrogens is 1. The number of alkyl halides is 2. The highest BCUT2D eigenvalue weighted by Gasteiger charge is 2.26. The van der Waals surface area contributed by atoms with Gasteiger partial charge in [0.1, 0.15) is 16.8 Å². The minimum absolute atomic E-state index is 0.167. The predicted molar refractivity (Wildman–Crippen MR) is 136 cm³/mol. The largest absolute Gasteiger partial charge is 0.353 e. The van der Waals surface area contributed by atoms with Crippen LogP contribution in [0.2, 0.25) is 5.15 Å². The Morgan fingerprint density at radius 1 is 1.00 bits per heavy atom. The summed E-state index contributed by atoms with van der Waals surface area (Å²) in [6.07, 6.45) is -0.278. The fraction of sp³-hybridized carbons (Fsp3) is 0.111. The van der Waals surface area contributed by atoms with E-state index >= 15 is 0 Å². The number of anilines is 1. The average molecular weight is 522 g/mol. The van der Waals surface area contributed by atoms with Crippen molar-refractivity contribution in [3.8, 4) is 22.5 Å². The summed E-state index contributed by atoms with van der Waals surface area (Å²) in [5, 5.41) is 2.95. The first-order valence-corrected chi connectivity index (χ1v) is 11.7. The Hall–Kier alpha value is -4.24. The van der Waals surface area contributed by atoms with Gasteiger partial charge in [0, 0.05) is 24.4 Å². The van der Waals surface area contributed by atoms with Gasteiger partial charge in [0.25, 0.3) is 0 Å². The lowest BCUT2D eigenvalue weighted by molar-refractivity contribution is -0.118. The van der Waals surface area contributed by atoms with Crippen molar-refractivity contribution < 1.29 is 18.0 Å². The maximum Gasteiger partial charge on any atom is 0.239 e. The standard InChI is InChI=1S/C27H19ClF3N5O/c28-21-9-8-20-26(35-21)24(19-3-1-2-11-32-19)25(34-20)16-10-12-33-23(13-16)36-27(37)18(14-22(30)31)15-4-6-17(29)7-5-15/h1-13,18,22,34H,14H2,(H,33,36,37)/t18-/m1/s1. The molecule has 0 saturated carbocycles. The van der Waals surface area contributed by atoms with Crippen LogP contribution in [0.15, 0.2) is 79.1 Å². The molecule has 0 unspecified atom stereocenters. The number of aromatic amines is 1. The molecule has 0 aliphatic heterocycles. The van der Waals surface area contributed by atoms with Gasteiger partial charge < -0.3 is 10.3 Å². The van der Waals surface area contributed by atoms with Crippen molar-refractivity contribution in [1.82, 2.24) is 19.9 Å². The van der Waals surface area contributed by atoms with E-state index in [0.29, 0.717) is 33.2 Å². The Morgan fingerprint density at radius 2 is 1.81 bits per heavy atom. The summed E-state index contributed by atoms with van der Waals surface area (Å²) in [4.78, 5) is 29.5.